The van der Waals surface area contributed by atoms with Crippen LogP contribution in [0.1, 0.15) is 32.6 Å². The molecule has 0 saturated heterocycles. The van der Waals surface area contributed by atoms with Crippen molar-refractivity contribution in [3.63, 3.8) is 0 Å². The van der Waals surface area contributed by atoms with E-state index >= 15 is 0 Å². The van der Waals surface area contributed by atoms with E-state index in [-0.39, 0.29) is 0 Å². The Balaban J connectivity index is 3.36. The van der Waals surface area contributed by atoms with Gasteiger partial charge in [-0.2, -0.15) is 0 Å². The van der Waals surface area contributed by atoms with Gasteiger partial charge < -0.3 is 4.74 Å². The summed E-state index contributed by atoms with van der Waals surface area (Å²) >= 11 is 3.52. The Labute approximate surface area is 84.0 Å². The lowest BCUT2D eigenvalue weighted by Crippen LogP contribution is -1.93. The number of alkyl halides is 1. The van der Waals surface area contributed by atoms with Crippen LogP contribution in [-0.2, 0) is 4.74 Å². The van der Waals surface area contributed by atoms with E-state index < -0.39 is 0 Å². The van der Waals surface area contributed by atoms with Gasteiger partial charge in [-0.3, -0.25) is 0 Å². The Bertz CT molecular complexity index is 146. The largest absolute Gasteiger partial charge is 0.384 e. The van der Waals surface area contributed by atoms with Gasteiger partial charge in [-0.1, -0.05) is 47.5 Å². The summed E-state index contributed by atoms with van der Waals surface area (Å²) in [6.45, 7) is 2.93. The summed E-state index contributed by atoms with van der Waals surface area (Å²) in [6, 6.07) is 0. The molecule has 0 aromatic heterocycles. The van der Waals surface area contributed by atoms with Gasteiger partial charge in [0.25, 0.3) is 0 Å². The summed E-state index contributed by atoms with van der Waals surface area (Å²) in [7, 11) is 1.70. The monoisotopic (exact) mass is 232 g/mol. The Morgan fingerprint density at radius 3 is 2.83 bits per heavy atom. The van der Waals surface area contributed by atoms with Crippen molar-refractivity contribution < 1.29 is 4.74 Å². The van der Waals surface area contributed by atoms with E-state index in [4.69, 9.17) is 4.74 Å². The first-order valence-electron chi connectivity index (χ1n) is 4.42. The third kappa shape index (κ3) is 8.10. The van der Waals surface area contributed by atoms with Crippen LogP contribution in [0.2, 0.25) is 0 Å². The quantitative estimate of drug-likeness (QED) is 0.403. The van der Waals surface area contributed by atoms with Gasteiger partial charge in [-0.25, -0.2) is 0 Å². The van der Waals surface area contributed by atoms with Crippen LogP contribution < -0.4 is 0 Å². The highest BCUT2D eigenvalue weighted by molar-refractivity contribution is 9.09. The summed E-state index contributed by atoms with van der Waals surface area (Å²) in [5, 5.41) is 0. The van der Waals surface area contributed by atoms with Gasteiger partial charge in [0.05, 0.1) is 11.4 Å². The fourth-order valence-electron chi connectivity index (χ4n) is 0.792. The highest BCUT2D eigenvalue weighted by Crippen LogP contribution is 2.07. The summed E-state index contributed by atoms with van der Waals surface area (Å²) in [5.41, 5.74) is 0. The van der Waals surface area contributed by atoms with E-state index in [1.54, 1.807) is 7.11 Å². The maximum atomic E-state index is 4.89. The van der Waals surface area contributed by atoms with Crippen molar-refractivity contribution in [1.29, 1.82) is 0 Å². The summed E-state index contributed by atoms with van der Waals surface area (Å²) in [6.07, 6.45) is 4.47. The first-order valence-corrected chi connectivity index (χ1v) is 5.34. The van der Waals surface area contributed by atoms with Crippen LogP contribution >= 0.6 is 15.9 Å². The van der Waals surface area contributed by atoms with Crippen molar-refractivity contribution >= 4 is 15.9 Å². The van der Waals surface area contributed by atoms with Crippen molar-refractivity contribution in [2.24, 2.45) is 0 Å². The molecule has 0 fully saturated rings. The second-order valence-electron chi connectivity index (χ2n) is 2.67. The molecule has 0 aromatic rings. The molecular formula is C10H17BrO. The second-order valence-corrected chi connectivity index (χ2v) is 3.78. The van der Waals surface area contributed by atoms with Crippen LogP contribution in [0.5, 0.6) is 0 Å². The molecule has 0 aliphatic heterocycles. The summed E-state index contributed by atoms with van der Waals surface area (Å²) < 4.78 is 4.89. The molecule has 0 amide bonds. The molecule has 1 nitrogen and oxygen atoms in total. The molecule has 12 heavy (non-hydrogen) atoms. The maximum Gasteiger partial charge on any atom is 0.0754 e. The van der Waals surface area contributed by atoms with Gasteiger partial charge in [-0.05, 0) is 6.42 Å². The molecule has 0 spiro atoms. The van der Waals surface area contributed by atoms with Gasteiger partial charge in [0.1, 0.15) is 0 Å². The minimum Gasteiger partial charge on any atom is -0.384 e. The first kappa shape index (κ1) is 12.0. The molecule has 0 bridgehead atoms. The average Bonchev–Trinajstić information content (AvgIpc) is 2.09. The normalized spacial score (nSPS) is 11.9. The lowest BCUT2D eigenvalue weighted by atomic mass is 10.2. The zero-order valence-electron chi connectivity index (χ0n) is 7.90. The molecule has 0 heterocycles. The van der Waals surface area contributed by atoms with Gasteiger partial charge in [0, 0.05) is 13.5 Å². The summed E-state index contributed by atoms with van der Waals surface area (Å²) in [5.74, 6) is 6.21. The van der Waals surface area contributed by atoms with Crippen molar-refractivity contribution in [2.45, 2.75) is 37.4 Å². The summed E-state index contributed by atoms with van der Waals surface area (Å²) in [4.78, 5) is 0.370. The Kier molecular flexibility index (Phi) is 9.09. The van der Waals surface area contributed by atoms with E-state index in [1.807, 2.05) is 0 Å². The van der Waals surface area contributed by atoms with Gasteiger partial charge in [0.2, 0.25) is 0 Å². The minimum atomic E-state index is 0.370. The standard InChI is InChI=1S/C10H17BrO/c1-3-4-7-10(11)8-5-6-9-12-2/h10H,3-4,6-7,9H2,1-2H3. The number of ether oxygens (including phenoxy) is 1. The molecule has 0 aliphatic carbocycles. The van der Waals surface area contributed by atoms with Crippen LogP contribution in [-0.4, -0.2) is 18.5 Å². The zero-order valence-corrected chi connectivity index (χ0v) is 9.49. The number of methoxy groups -OCH3 is 1. The number of hydrogen-bond donors (Lipinski definition) is 0. The van der Waals surface area contributed by atoms with Gasteiger partial charge in [-0.15, -0.1) is 0 Å². The molecule has 2 heteroatoms. The van der Waals surface area contributed by atoms with Crippen LogP contribution in [0.15, 0.2) is 0 Å². The number of halogens is 1. The van der Waals surface area contributed by atoms with Crippen molar-refractivity contribution in [2.75, 3.05) is 13.7 Å². The van der Waals surface area contributed by atoms with E-state index in [0.717, 1.165) is 19.4 Å². The molecule has 0 radical (unpaired) electrons. The van der Waals surface area contributed by atoms with Crippen LogP contribution in [0, 0.1) is 11.8 Å². The predicted molar refractivity (Wildman–Crippen MR) is 56.5 cm³/mol. The Morgan fingerprint density at radius 2 is 2.25 bits per heavy atom. The van der Waals surface area contributed by atoms with Crippen molar-refractivity contribution in [3.8, 4) is 11.8 Å². The first-order chi connectivity index (χ1) is 5.81. The zero-order chi connectivity index (χ0) is 9.23. The maximum absolute atomic E-state index is 4.89. The smallest absolute Gasteiger partial charge is 0.0754 e. The van der Waals surface area contributed by atoms with E-state index in [0.29, 0.717) is 4.83 Å². The van der Waals surface area contributed by atoms with E-state index in [9.17, 15) is 0 Å². The number of hydrogen-bond acceptors (Lipinski definition) is 1. The Morgan fingerprint density at radius 1 is 1.50 bits per heavy atom. The highest BCUT2D eigenvalue weighted by atomic mass is 79.9. The average molecular weight is 233 g/mol. The fraction of sp³-hybridized carbons (Fsp3) is 0.800. The Hall–Kier alpha value is 0.00000000000000000694. The fourth-order valence-corrected chi connectivity index (χ4v) is 1.28. The number of unbranched alkanes of at least 4 members (excludes halogenated alkanes) is 1. The molecule has 1 atom stereocenters. The molecule has 1 unspecified atom stereocenters. The van der Waals surface area contributed by atoms with Gasteiger partial charge in [0.15, 0.2) is 0 Å². The third-order valence-electron chi connectivity index (χ3n) is 1.50. The van der Waals surface area contributed by atoms with Crippen molar-refractivity contribution in [1.82, 2.24) is 0 Å². The predicted octanol–water partition coefficient (Wildman–Crippen LogP) is 2.98. The minimum absolute atomic E-state index is 0.370. The van der Waals surface area contributed by atoms with Crippen LogP contribution in [0.4, 0.5) is 0 Å². The SMILES string of the molecule is CCCCC(Br)C#CCCOC. The molecule has 0 aliphatic rings. The van der Waals surface area contributed by atoms with E-state index in [1.165, 1.54) is 12.8 Å². The van der Waals surface area contributed by atoms with E-state index in [2.05, 4.69) is 34.7 Å². The molecule has 0 N–H and O–H groups in total. The van der Waals surface area contributed by atoms with Gasteiger partial charge >= 0.3 is 0 Å². The molecule has 0 aromatic carbocycles. The van der Waals surface area contributed by atoms with Crippen LogP contribution in [0.3, 0.4) is 0 Å². The lowest BCUT2D eigenvalue weighted by Gasteiger charge is -1.98. The molecule has 0 rings (SSSR count). The molecule has 0 saturated carbocycles. The highest BCUT2D eigenvalue weighted by Gasteiger charge is 1.95. The molecular weight excluding hydrogens is 216 g/mol. The lowest BCUT2D eigenvalue weighted by molar-refractivity contribution is 0.206. The topological polar surface area (TPSA) is 9.23 Å². The van der Waals surface area contributed by atoms with Crippen molar-refractivity contribution in [3.05, 3.63) is 0 Å². The second kappa shape index (κ2) is 9.09. The van der Waals surface area contributed by atoms with Crippen LogP contribution in [0.25, 0.3) is 0 Å². The number of rotatable bonds is 5. The molecule has 70 valence electrons. The third-order valence-corrected chi connectivity index (χ3v) is 2.19.